The van der Waals surface area contributed by atoms with E-state index in [0.717, 1.165) is 30.2 Å². The van der Waals surface area contributed by atoms with Gasteiger partial charge in [-0.3, -0.25) is 9.59 Å². The number of hydrogen-bond donors (Lipinski definition) is 2. The van der Waals surface area contributed by atoms with Gasteiger partial charge in [0.15, 0.2) is 0 Å². The normalized spacial score (nSPS) is 14.4. The molecule has 0 heterocycles. The van der Waals surface area contributed by atoms with Gasteiger partial charge in [0.1, 0.15) is 5.75 Å². The van der Waals surface area contributed by atoms with Crippen molar-refractivity contribution in [3.8, 4) is 5.75 Å². The van der Waals surface area contributed by atoms with Gasteiger partial charge in [-0.2, -0.15) is 0 Å². The Balaban J connectivity index is 1.63. The van der Waals surface area contributed by atoms with Crippen LogP contribution in [0.4, 0.5) is 5.69 Å². The van der Waals surface area contributed by atoms with E-state index in [0.29, 0.717) is 35.1 Å². The van der Waals surface area contributed by atoms with E-state index in [2.05, 4.69) is 40.4 Å². The molecular weight excluding hydrogens is 444 g/mol. The Bertz CT molecular complexity index is 892. The first-order valence-electron chi connectivity index (χ1n) is 10.6. The van der Waals surface area contributed by atoms with Crippen LogP contribution in [-0.4, -0.2) is 24.5 Å². The van der Waals surface area contributed by atoms with Crippen molar-refractivity contribution < 1.29 is 14.3 Å². The summed E-state index contributed by atoms with van der Waals surface area (Å²) in [5.41, 5.74) is 1.65. The number of hydrogen-bond acceptors (Lipinski definition) is 3. The third-order valence-electron chi connectivity index (χ3n) is 5.09. The van der Waals surface area contributed by atoms with Gasteiger partial charge in [0.2, 0.25) is 0 Å². The maximum Gasteiger partial charge on any atom is 0.255 e. The highest BCUT2D eigenvalue weighted by molar-refractivity contribution is 9.10. The van der Waals surface area contributed by atoms with E-state index in [1.165, 1.54) is 6.42 Å². The maximum atomic E-state index is 12.7. The van der Waals surface area contributed by atoms with Crippen molar-refractivity contribution in [2.75, 3.05) is 11.9 Å². The van der Waals surface area contributed by atoms with Crippen molar-refractivity contribution in [3.63, 3.8) is 0 Å². The topological polar surface area (TPSA) is 67.4 Å². The van der Waals surface area contributed by atoms with Crippen LogP contribution in [0.2, 0.25) is 0 Å². The number of carbonyl (C=O) groups excluding carboxylic acids is 2. The zero-order valence-electron chi connectivity index (χ0n) is 17.5. The van der Waals surface area contributed by atoms with Crippen LogP contribution in [0.5, 0.6) is 5.75 Å². The molecule has 2 amide bonds. The van der Waals surface area contributed by atoms with E-state index >= 15 is 0 Å². The molecular formula is C24H29BrN2O3. The molecule has 30 heavy (non-hydrogen) atoms. The summed E-state index contributed by atoms with van der Waals surface area (Å²) in [6.45, 7) is 4.78. The number of halogens is 1. The van der Waals surface area contributed by atoms with Crippen LogP contribution in [0.25, 0.3) is 0 Å². The van der Waals surface area contributed by atoms with E-state index in [1.807, 2.05) is 0 Å². The molecule has 0 aliphatic heterocycles. The van der Waals surface area contributed by atoms with Gasteiger partial charge >= 0.3 is 0 Å². The lowest BCUT2D eigenvalue weighted by Crippen LogP contribution is -2.36. The summed E-state index contributed by atoms with van der Waals surface area (Å²) in [6, 6.07) is 12.6. The van der Waals surface area contributed by atoms with Gasteiger partial charge in [0, 0.05) is 22.9 Å². The van der Waals surface area contributed by atoms with E-state index in [1.54, 1.807) is 42.5 Å². The van der Waals surface area contributed by atoms with E-state index in [-0.39, 0.29) is 17.9 Å². The SMILES string of the molecule is CC(C)COc1ccc(C(=O)Nc2cccc(C(=O)NC3CCCCC3)c2)cc1Br. The second-order valence-corrected chi connectivity index (χ2v) is 9.05. The first-order chi connectivity index (χ1) is 14.4. The average Bonchev–Trinajstić information content (AvgIpc) is 2.73. The second-order valence-electron chi connectivity index (χ2n) is 8.19. The largest absolute Gasteiger partial charge is 0.492 e. The molecule has 0 spiro atoms. The Kier molecular flexibility index (Phi) is 7.91. The Labute approximate surface area is 186 Å². The van der Waals surface area contributed by atoms with Crippen LogP contribution in [0.1, 0.15) is 66.7 Å². The zero-order valence-corrected chi connectivity index (χ0v) is 19.1. The number of rotatable bonds is 7. The van der Waals surface area contributed by atoms with Crippen molar-refractivity contribution in [2.45, 2.75) is 52.0 Å². The molecule has 5 nitrogen and oxygen atoms in total. The molecule has 2 N–H and O–H groups in total. The summed E-state index contributed by atoms with van der Waals surface area (Å²) in [4.78, 5) is 25.2. The molecule has 0 radical (unpaired) electrons. The van der Waals surface area contributed by atoms with Crippen LogP contribution < -0.4 is 15.4 Å². The van der Waals surface area contributed by atoms with Crippen molar-refractivity contribution >= 4 is 33.4 Å². The molecule has 6 heteroatoms. The van der Waals surface area contributed by atoms with Crippen LogP contribution in [-0.2, 0) is 0 Å². The number of benzene rings is 2. The number of nitrogens with one attached hydrogen (secondary N) is 2. The molecule has 3 rings (SSSR count). The van der Waals surface area contributed by atoms with Crippen molar-refractivity contribution in [3.05, 3.63) is 58.1 Å². The molecule has 1 aliphatic carbocycles. The first kappa shape index (κ1) is 22.3. The lowest BCUT2D eigenvalue weighted by atomic mass is 9.95. The van der Waals surface area contributed by atoms with Crippen LogP contribution in [0.3, 0.4) is 0 Å². The Hall–Kier alpha value is -2.34. The van der Waals surface area contributed by atoms with Gasteiger partial charge in [0.25, 0.3) is 11.8 Å². The van der Waals surface area contributed by atoms with Gasteiger partial charge in [-0.05, 0) is 71.1 Å². The maximum absolute atomic E-state index is 12.7. The predicted molar refractivity (Wildman–Crippen MR) is 123 cm³/mol. The Morgan fingerprint density at radius 2 is 1.77 bits per heavy atom. The van der Waals surface area contributed by atoms with Crippen molar-refractivity contribution in [2.24, 2.45) is 5.92 Å². The quantitative estimate of drug-likeness (QED) is 0.534. The molecule has 1 aliphatic rings. The second kappa shape index (κ2) is 10.6. The summed E-state index contributed by atoms with van der Waals surface area (Å²) in [6.07, 6.45) is 5.65. The predicted octanol–water partition coefficient (Wildman–Crippen LogP) is 5.80. The van der Waals surface area contributed by atoms with Gasteiger partial charge in [-0.1, -0.05) is 39.2 Å². The van der Waals surface area contributed by atoms with E-state index in [9.17, 15) is 9.59 Å². The molecule has 2 aromatic rings. The minimum absolute atomic E-state index is 0.0904. The lowest BCUT2D eigenvalue weighted by molar-refractivity contribution is 0.0926. The molecule has 2 aromatic carbocycles. The molecule has 0 saturated heterocycles. The first-order valence-corrected chi connectivity index (χ1v) is 11.4. The summed E-state index contributed by atoms with van der Waals surface area (Å²) in [5.74, 6) is 0.799. The number of carbonyl (C=O) groups is 2. The Morgan fingerprint density at radius 1 is 1.03 bits per heavy atom. The van der Waals surface area contributed by atoms with Gasteiger partial charge < -0.3 is 15.4 Å². The monoisotopic (exact) mass is 472 g/mol. The fraction of sp³-hybridized carbons (Fsp3) is 0.417. The van der Waals surface area contributed by atoms with Crippen molar-refractivity contribution in [1.82, 2.24) is 5.32 Å². The van der Waals surface area contributed by atoms with Crippen molar-refractivity contribution in [1.29, 1.82) is 0 Å². The summed E-state index contributed by atoms with van der Waals surface area (Å²) >= 11 is 3.47. The highest BCUT2D eigenvalue weighted by Crippen LogP contribution is 2.27. The number of amides is 2. The van der Waals surface area contributed by atoms with Gasteiger partial charge in [-0.15, -0.1) is 0 Å². The minimum Gasteiger partial charge on any atom is -0.492 e. The molecule has 0 atom stereocenters. The van der Waals surface area contributed by atoms with Gasteiger partial charge in [-0.25, -0.2) is 0 Å². The highest BCUT2D eigenvalue weighted by atomic mass is 79.9. The number of ether oxygens (including phenoxy) is 1. The molecule has 160 valence electrons. The fourth-order valence-electron chi connectivity index (χ4n) is 3.47. The average molecular weight is 473 g/mol. The van der Waals surface area contributed by atoms with Crippen LogP contribution in [0, 0.1) is 5.92 Å². The zero-order chi connectivity index (χ0) is 21.5. The summed E-state index contributed by atoms with van der Waals surface area (Å²) in [7, 11) is 0. The molecule has 0 bridgehead atoms. The van der Waals surface area contributed by atoms with Crippen LogP contribution >= 0.6 is 15.9 Å². The third kappa shape index (κ3) is 6.33. The van der Waals surface area contributed by atoms with Gasteiger partial charge in [0.05, 0.1) is 11.1 Å². The third-order valence-corrected chi connectivity index (χ3v) is 5.71. The smallest absolute Gasteiger partial charge is 0.255 e. The van der Waals surface area contributed by atoms with Crippen LogP contribution in [0.15, 0.2) is 46.9 Å². The highest BCUT2D eigenvalue weighted by Gasteiger charge is 2.17. The number of anilines is 1. The minimum atomic E-state index is -0.240. The molecule has 0 aromatic heterocycles. The molecule has 1 fully saturated rings. The van der Waals surface area contributed by atoms with E-state index < -0.39 is 0 Å². The molecule has 0 unspecified atom stereocenters. The Morgan fingerprint density at radius 3 is 2.47 bits per heavy atom. The van der Waals surface area contributed by atoms with E-state index in [4.69, 9.17) is 4.74 Å². The molecule has 1 saturated carbocycles. The standard InChI is InChI=1S/C24H29BrN2O3/c1-16(2)15-30-22-12-11-18(14-21(22)25)24(29)27-20-10-6-7-17(13-20)23(28)26-19-8-4-3-5-9-19/h6-7,10-14,16,19H,3-5,8-9,15H2,1-2H3,(H,26,28)(H,27,29). The lowest BCUT2D eigenvalue weighted by Gasteiger charge is -2.22. The summed E-state index contributed by atoms with van der Waals surface area (Å²) in [5, 5.41) is 5.98. The fourth-order valence-corrected chi connectivity index (χ4v) is 3.97. The summed E-state index contributed by atoms with van der Waals surface area (Å²) < 4.78 is 6.47.